The summed E-state index contributed by atoms with van der Waals surface area (Å²) in [5, 5.41) is 0. The van der Waals surface area contributed by atoms with Crippen LogP contribution >= 0.6 is 0 Å². The molecule has 0 bridgehead atoms. The Bertz CT molecular complexity index is 1040. The summed E-state index contributed by atoms with van der Waals surface area (Å²) >= 11 is 0. The Kier molecular flexibility index (Phi) is 51.7. The molecule has 0 fully saturated rings. The normalized spacial score (nSPS) is 12.1. The van der Waals surface area contributed by atoms with E-state index in [1.807, 2.05) is 0 Å². The van der Waals surface area contributed by atoms with Crippen molar-refractivity contribution in [2.24, 2.45) is 0 Å². The fourth-order valence-corrected chi connectivity index (χ4v) is 8.42. The Hall–Kier alpha value is -2.11. The van der Waals surface area contributed by atoms with Gasteiger partial charge in [-0.15, -0.1) is 0 Å². The lowest BCUT2D eigenvalue weighted by Gasteiger charge is -2.18. The minimum atomic E-state index is -0.758. The molecule has 376 valence electrons. The van der Waals surface area contributed by atoms with Crippen molar-refractivity contribution in [2.45, 2.75) is 316 Å². The van der Waals surface area contributed by atoms with Crippen LogP contribution in [0.1, 0.15) is 310 Å². The van der Waals surface area contributed by atoms with Gasteiger partial charge in [0, 0.05) is 19.3 Å². The molecule has 6 nitrogen and oxygen atoms in total. The maximum absolute atomic E-state index is 12.5. The topological polar surface area (TPSA) is 78.9 Å². The van der Waals surface area contributed by atoms with Crippen molar-refractivity contribution < 1.29 is 28.6 Å². The number of ether oxygens (including phenoxy) is 3. The number of carbonyl (C=O) groups excluding carboxylic acids is 3. The maximum atomic E-state index is 12.5. The molecular formula is C58H108O6. The second kappa shape index (κ2) is 53.5. The zero-order valence-electron chi connectivity index (χ0n) is 43.1. The van der Waals surface area contributed by atoms with Crippen LogP contribution in [0.5, 0.6) is 0 Å². The smallest absolute Gasteiger partial charge is 0.306 e. The first kappa shape index (κ1) is 61.9. The molecule has 0 aromatic heterocycles. The Labute approximate surface area is 398 Å². The fourth-order valence-electron chi connectivity index (χ4n) is 8.42. The van der Waals surface area contributed by atoms with E-state index in [1.165, 1.54) is 199 Å². The summed E-state index contributed by atoms with van der Waals surface area (Å²) in [6, 6.07) is 0. The van der Waals surface area contributed by atoms with Crippen LogP contribution in [0.25, 0.3) is 0 Å². The van der Waals surface area contributed by atoms with Crippen LogP contribution in [0.2, 0.25) is 0 Å². The molecule has 0 N–H and O–H groups in total. The third-order valence-corrected chi connectivity index (χ3v) is 12.7. The summed E-state index contributed by atoms with van der Waals surface area (Å²) < 4.78 is 16.5. The third-order valence-electron chi connectivity index (χ3n) is 12.7. The second-order valence-corrected chi connectivity index (χ2v) is 19.2. The molecule has 0 rings (SSSR count). The van der Waals surface area contributed by atoms with Crippen LogP contribution in [0.3, 0.4) is 0 Å². The summed E-state index contributed by atoms with van der Waals surface area (Å²) in [6.07, 6.45) is 62.8. The van der Waals surface area contributed by atoms with Gasteiger partial charge in [0.1, 0.15) is 13.2 Å². The molecule has 1 atom stereocenters. The minimum absolute atomic E-state index is 0.0670. The van der Waals surface area contributed by atoms with Gasteiger partial charge in [-0.05, 0) is 51.4 Å². The molecule has 0 aliphatic carbocycles. The van der Waals surface area contributed by atoms with Crippen LogP contribution in [0.15, 0.2) is 24.3 Å². The number of unbranched alkanes of at least 4 members (excludes halogenated alkanes) is 37. The Balaban J connectivity index is 3.68. The first-order chi connectivity index (χ1) is 31.5. The maximum Gasteiger partial charge on any atom is 0.306 e. The Morgan fingerprint density at radius 1 is 0.312 bits per heavy atom. The highest BCUT2D eigenvalue weighted by Gasteiger charge is 2.19. The highest BCUT2D eigenvalue weighted by Crippen LogP contribution is 2.17. The van der Waals surface area contributed by atoms with E-state index in [4.69, 9.17) is 14.2 Å². The molecule has 0 aromatic rings. The Morgan fingerprint density at radius 2 is 0.562 bits per heavy atom. The van der Waals surface area contributed by atoms with E-state index in [9.17, 15) is 14.4 Å². The van der Waals surface area contributed by atoms with Crippen LogP contribution in [-0.4, -0.2) is 37.2 Å². The first-order valence-electron chi connectivity index (χ1n) is 28.3. The van der Waals surface area contributed by atoms with Gasteiger partial charge < -0.3 is 14.2 Å². The number of hydrogen-bond donors (Lipinski definition) is 0. The van der Waals surface area contributed by atoms with Crippen molar-refractivity contribution in [2.75, 3.05) is 13.2 Å². The van der Waals surface area contributed by atoms with E-state index in [2.05, 4.69) is 45.1 Å². The van der Waals surface area contributed by atoms with Crippen molar-refractivity contribution in [3.8, 4) is 0 Å². The molecule has 0 aliphatic heterocycles. The SMILES string of the molecule is CCCCCCC/C=C\C/C=C\CCCCCCCCCCCCCCCCCCCCCCCCCC(=O)OCC(COC(=O)CCCCCCC)OC(=O)CCCCCCCC. The van der Waals surface area contributed by atoms with Crippen LogP contribution < -0.4 is 0 Å². The number of carbonyl (C=O) groups is 3. The van der Waals surface area contributed by atoms with Gasteiger partial charge in [-0.25, -0.2) is 0 Å². The van der Waals surface area contributed by atoms with Crippen LogP contribution in [0.4, 0.5) is 0 Å². The van der Waals surface area contributed by atoms with Gasteiger partial charge >= 0.3 is 17.9 Å². The van der Waals surface area contributed by atoms with Gasteiger partial charge in [-0.3, -0.25) is 14.4 Å². The molecule has 0 saturated carbocycles. The molecule has 0 spiro atoms. The molecule has 0 aliphatic rings. The highest BCUT2D eigenvalue weighted by molar-refractivity contribution is 5.71. The zero-order valence-corrected chi connectivity index (χ0v) is 43.1. The standard InChI is InChI=1S/C58H108O6/c1-4-7-10-13-15-16-17-18-19-20-21-22-23-24-25-26-27-28-29-30-31-32-33-34-35-36-37-38-39-40-41-42-43-46-48-51-57(60)63-54-55(53-62-56(59)50-47-44-12-9-6-3)64-58(61)52-49-45-14-11-8-5-2/h17-18,20-21,55H,4-16,19,22-54H2,1-3H3/b18-17-,21-20-. The lowest BCUT2D eigenvalue weighted by atomic mass is 10.0. The van der Waals surface area contributed by atoms with Gasteiger partial charge in [0.2, 0.25) is 0 Å². The number of esters is 3. The molecule has 0 radical (unpaired) electrons. The van der Waals surface area contributed by atoms with Gasteiger partial charge in [-0.1, -0.05) is 263 Å². The average Bonchev–Trinajstić information content (AvgIpc) is 3.29. The summed E-state index contributed by atoms with van der Waals surface area (Å²) in [5.41, 5.74) is 0. The van der Waals surface area contributed by atoms with E-state index in [-0.39, 0.29) is 31.1 Å². The summed E-state index contributed by atoms with van der Waals surface area (Å²) in [7, 11) is 0. The molecule has 0 saturated heterocycles. The van der Waals surface area contributed by atoms with Crippen molar-refractivity contribution >= 4 is 17.9 Å². The van der Waals surface area contributed by atoms with E-state index in [1.54, 1.807) is 0 Å². The number of rotatable bonds is 52. The first-order valence-corrected chi connectivity index (χ1v) is 28.3. The minimum Gasteiger partial charge on any atom is -0.462 e. The van der Waals surface area contributed by atoms with Gasteiger partial charge in [0.25, 0.3) is 0 Å². The molecule has 64 heavy (non-hydrogen) atoms. The molecular weight excluding hydrogens is 793 g/mol. The fraction of sp³-hybridized carbons (Fsp3) is 0.879. The predicted molar refractivity (Wildman–Crippen MR) is 275 cm³/mol. The quantitative estimate of drug-likeness (QED) is 0.0262. The van der Waals surface area contributed by atoms with Crippen molar-refractivity contribution in [3.63, 3.8) is 0 Å². The number of hydrogen-bond acceptors (Lipinski definition) is 6. The molecule has 0 heterocycles. The van der Waals surface area contributed by atoms with E-state index in [0.29, 0.717) is 19.3 Å². The summed E-state index contributed by atoms with van der Waals surface area (Å²) in [5.74, 6) is -0.880. The van der Waals surface area contributed by atoms with Crippen molar-refractivity contribution in [1.82, 2.24) is 0 Å². The average molecular weight is 901 g/mol. The van der Waals surface area contributed by atoms with E-state index >= 15 is 0 Å². The van der Waals surface area contributed by atoms with Gasteiger partial charge in [0.05, 0.1) is 0 Å². The number of allylic oxidation sites excluding steroid dienone is 4. The predicted octanol–water partition coefficient (Wildman–Crippen LogP) is 18.7. The zero-order chi connectivity index (χ0) is 46.5. The largest absolute Gasteiger partial charge is 0.462 e. The lowest BCUT2D eigenvalue weighted by molar-refractivity contribution is -0.167. The monoisotopic (exact) mass is 901 g/mol. The van der Waals surface area contributed by atoms with E-state index < -0.39 is 6.10 Å². The summed E-state index contributed by atoms with van der Waals surface area (Å²) in [4.78, 5) is 37.3. The molecule has 6 heteroatoms. The highest BCUT2D eigenvalue weighted by atomic mass is 16.6. The van der Waals surface area contributed by atoms with Crippen molar-refractivity contribution in [1.29, 1.82) is 0 Å². The Morgan fingerprint density at radius 3 is 0.859 bits per heavy atom. The van der Waals surface area contributed by atoms with E-state index in [0.717, 1.165) is 70.6 Å². The van der Waals surface area contributed by atoms with Crippen molar-refractivity contribution in [3.05, 3.63) is 24.3 Å². The molecule has 1 unspecified atom stereocenters. The van der Waals surface area contributed by atoms with Crippen LogP contribution in [0, 0.1) is 0 Å². The molecule has 0 amide bonds. The summed E-state index contributed by atoms with van der Waals surface area (Å²) in [6.45, 7) is 6.50. The lowest BCUT2D eigenvalue weighted by Crippen LogP contribution is -2.30. The van der Waals surface area contributed by atoms with Crippen LogP contribution in [-0.2, 0) is 28.6 Å². The van der Waals surface area contributed by atoms with Gasteiger partial charge in [-0.2, -0.15) is 0 Å². The third kappa shape index (κ3) is 50.9. The molecule has 0 aromatic carbocycles. The van der Waals surface area contributed by atoms with Gasteiger partial charge in [0.15, 0.2) is 6.10 Å². The second-order valence-electron chi connectivity index (χ2n) is 19.2.